The fourth-order valence-electron chi connectivity index (χ4n) is 2.94. The Hall–Kier alpha value is -1.55. The van der Waals surface area contributed by atoms with Gasteiger partial charge in [0.05, 0.1) is 12.1 Å². The number of hydrogen-bond acceptors (Lipinski definition) is 3. The van der Waals surface area contributed by atoms with Gasteiger partial charge in [-0.05, 0) is 49.3 Å². The van der Waals surface area contributed by atoms with Crippen molar-refractivity contribution in [3.05, 3.63) is 29.8 Å². The van der Waals surface area contributed by atoms with Gasteiger partial charge in [0.1, 0.15) is 0 Å². The molecule has 1 saturated carbocycles. The molecule has 1 aliphatic heterocycles. The number of ether oxygens (including phenoxy) is 1. The maximum atomic E-state index is 12.0. The van der Waals surface area contributed by atoms with Crippen LogP contribution in [-0.2, 0) is 16.0 Å². The largest absolute Gasteiger partial charge is 0.399 e. The summed E-state index contributed by atoms with van der Waals surface area (Å²) in [7, 11) is 0. The summed E-state index contributed by atoms with van der Waals surface area (Å²) in [6, 6.07) is 7.95. The number of hydrogen-bond donors (Lipinski definition) is 2. The topological polar surface area (TPSA) is 64.4 Å². The Labute approximate surface area is 119 Å². The van der Waals surface area contributed by atoms with E-state index in [-0.39, 0.29) is 18.1 Å². The molecule has 0 radical (unpaired) electrons. The standard InChI is InChI=1S/C16H22N2O2/c17-13-3-1-2-11(10-13)4-7-15(19)18-14-8-9-20-16(14)12-5-6-12/h1-3,10,12,14,16H,4-9,17H2,(H,18,19). The van der Waals surface area contributed by atoms with Crippen molar-refractivity contribution in [3.63, 3.8) is 0 Å². The molecule has 1 aromatic rings. The summed E-state index contributed by atoms with van der Waals surface area (Å²) in [6.07, 6.45) is 4.95. The molecule has 1 aliphatic carbocycles. The molecule has 1 amide bonds. The van der Waals surface area contributed by atoms with Crippen LogP contribution in [0, 0.1) is 5.92 Å². The predicted molar refractivity (Wildman–Crippen MR) is 78.2 cm³/mol. The molecule has 0 bridgehead atoms. The molecule has 0 aromatic heterocycles. The molecule has 2 unspecified atom stereocenters. The highest BCUT2D eigenvalue weighted by molar-refractivity contribution is 5.76. The minimum Gasteiger partial charge on any atom is -0.399 e. The third-order valence-corrected chi connectivity index (χ3v) is 4.16. The Kier molecular flexibility index (Phi) is 3.92. The monoisotopic (exact) mass is 274 g/mol. The SMILES string of the molecule is Nc1cccc(CCC(=O)NC2CCOC2C2CC2)c1. The number of carbonyl (C=O) groups excluding carboxylic acids is 1. The zero-order chi connectivity index (χ0) is 13.9. The second kappa shape index (κ2) is 5.83. The molecule has 4 nitrogen and oxygen atoms in total. The van der Waals surface area contributed by atoms with Crippen molar-refractivity contribution in [2.45, 2.75) is 44.2 Å². The Morgan fingerprint density at radius 3 is 2.95 bits per heavy atom. The first-order valence-electron chi connectivity index (χ1n) is 7.48. The van der Waals surface area contributed by atoms with Gasteiger partial charge in [0.15, 0.2) is 0 Å². The zero-order valence-corrected chi connectivity index (χ0v) is 11.7. The van der Waals surface area contributed by atoms with Gasteiger partial charge in [-0.25, -0.2) is 0 Å². The fraction of sp³-hybridized carbons (Fsp3) is 0.562. The molecule has 1 saturated heterocycles. The normalized spacial score (nSPS) is 25.6. The zero-order valence-electron chi connectivity index (χ0n) is 11.7. The lowest BCUT2D eigenvalue weighted by atomic mass is 10.1. The average molecular weight is 274 g/mol. The lowest BCUT2D eigenvalue weighted by Gasteiger charge is -2.19. The van der Waals surface area contributed by atoms with Gasteiger partial charge < -0.3 is 15.8 Å². The van der Waals surface area contributed by atoms with Crippen LogP contribution >= 0.6 is 0 Å². The number of amides is 1. The molecular weight excluding hydrogens is 252 g/mol. The summed E-state index contributed by atoms with van der Waals surface area (Å²) < 4.78 is 5.74. The third-order valence-electron chi connectivity index (χ3n) is 4.16. The first-order valence-corrected chi connectivity index (χ1v) is 7.48. The van der Waals surface area contributed by atoms with Crippen molar-refractivity contribution in [2.24, 2.45) is 5.92 Å². The van der Waals surface area contributed by atoms with Crippen LogP contribution in [0.5, 0.6) is 0 Å². The number of benzene rings is 1. The number of nitrogens with one attached hydrogen (secondary N) is 1. The van der Waals surface area contributed by atoms with Gasteiger partial charge in [0, 0.05) is 18.7 Å². The lowest BCUT2D eigenvalue weighted by Crippen LogP contribution is -2.41. The van der Waals surface area contributed by atoms with E-state index in [0.717, 1.165) is 30.7 Å². The minimum atomic E-state index is 0.119. The van der Waals surface area contributed by atoms with Gasteiger partial charge in [0.2, 0.25) is 5.91 Å². The highest BCUT2D eigenvalue weighted by Crippen LogP contribution is 2.38. The van der Waals surface area contributed by atoms with Crippen LogP contribution in [-0.4, -0.2) is 24.7 Å². The highest BCUT2D eigenvalue weighted by Gasteiger charge is 2.41. The van der Waals surface area contributed by atoms with Gasteiger partial charge >= 0.3 is 0 Å². The molecule has 0 spiro atoms. The molecule has 1 aromatic carbocycles. The summed E-state index contributed by atoms with van der Waals surface area (Å²) in [6.45, 7) is 0.779. The predicted octanol–water partition coefficient (Wildman–Crippen LogP) is 1.89. The Morgan fingerprint density at radius 1 is 1.35 bits per heavy atom. The minimum absolute atomic E-state index is 0.119. The van der Waals surface area contributed by atoms with Crippen molar-refractivity contribution in [1.82, 2.24) is 5.32 Å². The average Bonchev–Trinajstić information content (AvgIpc) is 3.17. The number of nitrogen functional groups attached to an aromatic ring is 1. The summed E-state index contributed by atoms with van der Waals surface area (Å²) in [5, 5.41) is 3.14. The number of anilines is 1. The molecule has 108 valence electrons. The second-order valence-corrected chi connectivity index (χ2v) is 5.88. The highest BCUT2D eigenvalue weighted by atomic mass is 16.5. The van der Waals surface area contributed by atoms with Crippen LogP contribution in [0.1, 0.15) is 31.2 Å². The molecule has 20 heavy (non-hydrogen) atoms. The van der Waals surface area contributed by atoms with E-state index in [2.05, 4.69) is 5.32 Å². The Balaban J connectivity index is 1.47. The van der Waals surface area contributed by atoms with Crippen molar-refractivity contribution in [1.29, 1.82) is 0 Å². The Bertz CT molecular complexity index is 485. The van der Waals surface area contributed by atoms with Crippen LogP contribution in [0.15, 0.2) is 24.3 Å². The van der Waals surface area contributed by atoms with Crippen molar-refractivity contribution >= 4 is 11.6 Å². The van der Waals surface area contributed by atoms with E-state index >= 15 is 0 Å². The maximum absolute atomic E-state index is 12.0. The first kappa shape index (κ1) is 13.4. The van der Waals surface area contributed by atoms with E-state index in [1.54, 1.807) is 0 Å². The van der Waals surface area contributed by atoms with Crippen molar-refractivity contribution in [3.8, 4) is 0 Å². The molecule has 3 rings (SSSR count). The molecule has 2 aliphatic rings. The van der Waals surface area contributed by atoms with Crippen LogP contribution in [0.3, 0.4) is 0 Å². The van der Waals surface area contributed by atoms with Gasteiger partial charge in [-0.2, -0.15) is 0 Å². The maximum Gasteiger partial charge on any atom is 0.220 e. The number of aryl methyl sites for hydroxylation is 1. The molecule has 2 atom stereocenters. The molecule has 4 heteroatoms. The smallest absolute Gasteiger partial charge is 0.220 e. The third kappa shape index (κ3) is 3.31. The van der Waals surface area contributed by atoms with E-state index in [0.29, 0.717) is 12.3 Å². The van der Waals surface area contributed by atoms with Crippen molar-refractivity contribution < 1.29 is 9.53 Å². The first-order chi connectivity index (χ1) is 9.72. The van der Waals surface area contributed by atoms with Crippen LogP contribution in [0.25, 0.3) is 0 Å². The van der Waals surface area contributed by atoms with E-state index in [1.807, 2.05) is 24.3 Å². The van der Waals surface area contributed by atoms with Gasteiger partial charge in [-0.1, -0.05) is 12.1 Å². The van der Waals surface area contributed by atoms with Crippen molar-refractivity contribution in [2.75, 3.05) is 12.3 Å². The number of nitrogens with two attached hydrogens (primary N) is 1. The summed E-state index contributed by atoms with van der Waals surface area (Å²) in [5.41, 5.74) is 7.60. The Morgan fingerprint density at radius 2 is 2.20 bits per heavy atom. The molecule has 1 heterocycles. The molecular formula is C16H22N2O2. The van der Waals surface area contributed by atoms with Crippen LogP contribution in [0.2, 0.25) is 0 Å². The summed E-state index contributed by atoms with van der Waals surface area (Å²) in [4.78, 5) is 12.0. The van der Waals surface area contributed by atoms with Gasteiger partial charge in [-0.15, -0.1) is 0 Å². The van der Waals surface area contributed by atoms with Crippen LogP contribution < -0.4 is 11.1 Å². The van der Waals surface area contributed by atoms with E-state index in [1.165, 1.54) is 12.8 Å². The van der Waals surface area contributed by atoms with E-state index in [9.17, 15) is 4.79 Å². The number of rotatable bonds is 5. The molecule has 2 fully saturated rings. The summed E-state index contributed by atoms with van der Waals surface area (Å²) >= 11 is 0. The lowest BCUT2D eigenvalue weighted by molar-refractivity contribution is -0.122. The van der Waals surface area contributed by atoms with Gasteiger partial charge in [-0.3, -0.25) is 4.79 Å². The quantitative estimate of drug-likeness (QED) is 0.806. The fourth-order valence-corrected chi connectivity index (χ4v) is 2.94. The van der Waals surface area contributed by atoms with E-state index in [4.69, 9.17) is 10.5 Å². The summed E-state index contributed by atoms with van der Waals surface area (Å²) in [5.74, 6) is 0.797. The van der Waals surface area contributed by atoms with Crippen LogP contribution in [0.4, 0.5) is 5.69 Å². The van der Waals surface area contributed by atoms with Gasteiger partial charge in [0.25, 0.3) is 0 Å². The van der Waals surface area contributed by atoms with E-state index < -0.39 is 0 Å². The number of carbonyl (C=O) groups is 1. The molecule has 3 N–H and O–H groups in total. The second-order valence-electron chi connectivity index (χ2n) is 5.88.